The van der Waals surface area contributed by atoms with E-state index in [1.165, 1.54) is 17.4 Å². The second-order valence-electron chi connectivity index (χ2n) is 4.59. The lowest BCUT2D eigenvalue weighted by molar-refractivity contribution is 0.564. The van der Waals surface area contributed by atoms with Crippen LogP contribution in [0.15, 0.2) is 51.7 Å². The Morgan fingerprint density at radius 3 is 2.71 bits per heavy atom. The number of aromatic nitrogens is 2. The van der Waals surface area contributed by atoms with E-state index in [0.29, 0.717) is 21.3 Å². The van der Waals surface area contributed by atoms with Crippen LogP contribution in [0.25, 0.3) is 32.3 Å². The molecule has 21 heavy (non-hydrogen) atoms. The lowest BCUT2D eigenvalue weighted by Crippen LogP contribution is -1.98. The normalized spacial score (nSPS) is 11.2. The number of nitrogens with zero attached hydrogens (tertiary/aromatic N) is 2. The number of rotatable bonds is 1. The van der Waals surface area contributed by atoms with Gasteiger partial charge in [-0.3, -0.25) is 0 Å². The second kappa shape index (κ2) is 4.39. The van der Waals surface area contributed by atoms with E-state index < -0.39 is 5.63 Å². The molecule has 2 aromatic carbocycles. The minimum absolute atomic E-state index is 0.368. The Balaban J connectivity index is 2.17. The molecule has 4 rings (SSSR count). The molecule has 0 aliphatic rings. The van der Waals surface area contributed by atoms with Crippen LogP contribution in [-0.2, 0) is 0 Å². The number of nitrogen functional groups attached to an aromatic ring is 1. The molecule has 4 aromatic rings. The minimum atomic E-state index is -0.414. The third kappa shape index (κ3) is 1.88. The van der Waals surface area contributed by atoms with Crippen LogP contribution in [0.1, 0.15) is 0 Å². The van der Waals surface area contributed by atoms with Gasteiger partial charge in [-0.05, 0) is 11.5 Å². The van der Waals surface area contributed by atoms with Crippen LogP contribution in [0, 0.1) is 0 Å². The molecule has 0 fully saturated rings. The standard InChI is InChI=1S/C15H9N3O2S/c16-15-18-17-14(21-15)11-7-12(19)20-13-9-4-2-1-3-8(9)5-6-10(11)13/h1-7H,(H2,16,18). The maximum Gasteiger partial charge on any atom is 0.336 e. The SMILES string of the molecule is Nc1nnc(-c2cc(=O)oc3c2ccc2ccccc23)s1. The number of anilines is 1. The average Bonchev–Trinajstić information content (AvgIpc) is 2.93. The summed E-state index contributed by atoms with van der Waals surface area (Å²) in [6, 6.07) is 13.1. The lowest BCUT2D eigenvalue weighted by atomic mass is 10.0. The zero-order valence-electron chi connectivity index (χ0n) is 10.7. The monoisotopic (exact) mass is 295 g/mol. The van der Waals surface area contributed by atoms with Crippen molar-refractivity contribution in [1.29, 1.82) is 0 Å². The lowest BCUT2D eigenvalue weighted by Gasteiger charge is -2.05. The molecule has 0 radical (unpaired) electrons. The van der Waals surface area contributed by atoms with Crippen LogP contribution in [0.3, 0.4) is 0 Å². The van der Waals surface area contributed by atoms with E-state index in [-0.39, 0.29) is 0 Å². The number of fused-ring (bicyclic) bond motifs is 3. The highest BCUT2D eigenvalue weighted by Crippen LogP contribution is 2.33. The predicted octanol–water partition coefficient (Wildman–Crippen LogP) is 3.05. The van der Waals surface area contributed by atoms with Crippen LogP contribution in [0.5, 0.6) is 0 Å². The predicted molar refractivity (Wildman–Crippen MR) is 83.3 cm³/mol. The van der Waals surface area contributed by atoms with Gasteiger partial charge in [0.1, 0.15) is 5.58 Å². The van der Waals surface area contributed by atoms with E-state index in [9.17, 15) is 4.79 Å². The van der Waals surface area contributed by atoms with Gasteiger partial charge in [0.15, 0.2) is 5.01 Å². The summed E-state index contributed by atoms with van der Waals surface area (Å²) in [6.07, 6.45) is 0. The topological polar surface area (TPSA) is 82.0 Å². The summed E-state index contributed by atoms with van der Waals surface area (Å²) in [6.45, 7) is 0. The molecule has 0 spiro atoms. The summed E-state index contributed by atoms with van der Waals surface area (Å²) >= 11 is 1.24. The van der Waals surface area contributed by atoms with Crippen molar-refractivity contribution < 1.29 is 4.42 Å². The molecule has 102 valence electrons. The molecule has 0 amide bonds. The number of nitrogens with two attached hydrogens (primary N) is 1. The van der Waals surface area contributed by atoms with Gasteiger partial charge >= 0.3 is 5.63 Å². The van der Waals surface area contributed by atoms with Crippen molar-refractivity contribution in [3.05, 3.63) is 52.9 Å². The van der Waals surface area contributed by atoms with Crippen LogP contribution in [0.2, 0.25) is 0 Å². The van der Waals surface area contributed by atoms with Crippen molar-refractivity contribution >= 4 is 38.2 Å². The molecule has 0 aliphatic carbocycles. The Labute approximate surface area is 122 Å². The smallest absolute Gasteiger partial charge is 0.336 e. The van der Waals surface area contributed by atoms with Gasteiger partial charge in [-0.15, -0.1) is 10.2 Å². The molecule has 0 bridgehead atoms. The van der Waals surface area contributed by atoms with Gasteiger partial charge < -0.3 is 10.2 Å². The quantitative estimate of drug-likeness (QED) is 0.431. The maximum atomic E-state index is 11.9. The van der Waals surface area contributed by atoms with Crippen molar-refractivity contribution in [2.24, 2.45) is 0 Å². The second-order valence-corrected chi connectivity index (χ2v) is 5.60. The Bertz CT molecular complexity index is 1040. The van der Waals surface area contributed by atoms with Crippen molar-refractivity contribution in [2.75, 3.05) is 5.73 Å². The van der Waals surface area contributed by atoms with Crippen molar-refractivity contribution in [2.45, 2.75) is 0 Å². The van der Waals surface area contributed by atoms with Gasteiger partial charge in [0.05, 0.1) is 0 Å². The van der Waals surface area contributed by atoms with Crippen LogP contribution in [-0.4, -0.2) is 10.2 Å². The van der Waals surface area contributed by atoms with Gasteiger partial charge in [0, 0.05) is 22.4 Å². The fraction of sp³-hybridized carbons (Fsp3) is 0. The molecule has 5 nitrogen and oxygen atoms in total. The van der Waals surface area contributed by atoms with Gasteiger partial charge in [-0.25, -0.2) is 4.79 Å². The third-order valence-electron chi connectivity index (χ3n) is 3.31. The van der Waals surface area contributed by atoms with E-state index >= 15 is 0 Å². The summed E-state index contributed by atoms with van der Waals surface area (Å²) in [4.78, 5) is 11.9. The van der Waals surface area contributed by atoms with E-state index in [1.807, 2.05) is 36.4 Å². The summed E-state index contributed by atoms with van der Waals surface area (Å²) in [7, 11) is 0. The van der Waals surface area contributed by atoms with Crippen molar-refractivity contribution in [3.8, 4) is 10.6 Å². The molecule has 0 saturated carbocycles. The van der Waals surface area contributed by atoms with Crippen LogP contribution < -0.4 is 11.4 Å². The number of hydrogen-bond donors (Lipinski definition) is 1. The summed E-state index contributed by atoms with van der Waals surface area (Å²) < 4.78 is 5.41. The van der Waals surface area contributed by atoms with Crippen molar-refractivity contribution in [1.82, 2.24) is 10.2 Å². The molecule has 2 aromatic heterocycles. The maximum absolute atomic E-state index is 11.9. The van der Waals surface area contributed by atoms with E-state index in [0.717, 1.165) is 16.2 Å². The zero-order valence-corrected chi connectivity index (χ0v) is 11.6. The summed E-state index contributed by atoms with van der Waals surface area (Å²) in [5.41, 5.74) is 6.47. The molecule has 0 unspecified atom stereocenters. The highest BCUT2D eigenvalue weighted by atomic mass is 32.1. The zero-order chi connectivity index (χ0) is 14.4. The van der Waals surface area contributed by atoms with Gasteiger partial charge in [0.2, 0.25) is 5.13 Å². The van der Waals surface area contributed by atoms with Gasteiger partial charge in [-0.2, -0.15) is 0 Å². The fourth-order valence-corrected chi connectivity index (χ4v) is 3.05. The fourth-order valence-electron chi connectivity index (χ4n) is 2.41. The molecule has 0 aliphatic heterocycles. The summed E-state index contributed by atoms with van der Waals surface area (Å²) in [5.74, 6) is 0. The van der Waals surface area contributed by atoms with E-state index in [2.05, 4.69) is 10.2 Å². The molecular formula is C15H9N3O2S. The van der Waals surface area contributed by atoms with Crippen LogP contribution in [0.4, 0.5) is 5.13 Å². The summed E-state index contributed by atoms with van der Waals surface area (Å²) in [5, 5.41) is 11.5. The molecule has 0 saturated heterocycles. The molecule has 2 heterocycles. The number of benzene rings is 2. The molecule has 2 N–H and O–H groups in total. The molecule has 0 atom stereocenters. The highest BCUT2D eigenvalue weighted by Gasteiger charge is 2.13. The first-order valence-corrected chi connectivity index (χ1v) is 7.09. The van der Waals surface area contributed by atoms with Gasteiger partial charge in [0.25, 0.3) is 0 Å². The van der Waals surface area contributed by atoms with E-state index in [1.54, 1.807) is 0 Å². The van der Waals surface area contributed by atoms with Gasteiger partial charge in [-0.1, -0.05) is 41.7 Å². The Kier molecular flexibility index (Phi) is 2.52. The van der Waals surface area contributed by atoms with Crippen molar-refractivity contribution in [3.63, 3.8) is 0 Å². The highest BCUT2D eigenvalue weighted by molar-refractivity contribution is 7.18. The third-order valence-corrected chi connectivity index (χ3v) is 4.09. The van der Waals surface area contributed by atoms with E-state index in [4.69, 9.17) is 10.2 Å². The van der Waals surface area contributed by atoms with Crippen LogP contribution >= 0.6 is 11.3 Å². The number of hydrogen-bond acceptors (Lipinski definition) is 6. The Morgan fingerprint density at radius 1 is 1.05 bits per heavy atom. The first-order valence-electron chi connectivity index (χ1n) is 6.27. The first kappa shape index (κ1) is 12.0. The first-order chi connectivity index (χ1) is 10.2. The Hall–Kier alpha value is -2.73. The Morgan fingerprint density at radius 2 is 1.90 bits per heavy atom. The largest absolute Gasteiger partial charge is 0.422 e. The minimum Gasteiger partial charge on any atom is -0.422 e. The average molecular weight is 295 g/mol. The molecule has 6 heteroatoms. The molecular weight excluding hydrogens is 286 g/mol.